The van der Waals surface area contributed by atoms with Crippen LogP contribution < -0.4 is 10.6 Å². The van der Waals surface area contributed by atoms with Crippen molar-refractivity contribution in [1.82, 2.24) is 10.2 Å². The number of fused-ring (bicyclic) bond motifs is 2. The van der Waals surface area contributed by atoms with Gasteiger partial charge in [-0.2, -0.15) is 0 Å². The molecule has 0 spiro atoms. The van der Waals surface area contributed by atoms with E-state index in [1.807, 2.05) is 42.5 Å². The molecule has 2 aliphatic rings. The number of benzene rings is 2. The molecule has 2 saturated heterocycles. The molecule has 4 rings (SSSR count). The number of amides is 2. The summed E-state index contributed by atoms with van der Waals surface area (Å²) < 4.78 is 13.2. The second-order valence-electron chi connectivity index (χ2n) is 7.67. The van der Waals surface area contributed by atoms with Gasteiger partial charge in [0.05, 0.1) is 0 Å². The second kappa shape index (κ2) is 8.09. The topological polar surface area (TPSA) is 44.4 Å². The molecule has 0 saturated carbocycles. The number of para-hydroxylation sites is 1. The summed E-state index contributed by atoms with van der Waals surface area (Å²) in [6.07, 6.45) is 5.52. The van der Waals surface area contributed by atoms with Gasteiger partial charge in [0.2, 0.25) is 0 Å². The molecule has 4 nitrogen and oxygen atoms in total. The maximum atomic E-state index is 13.2. The van der Waals surface area contributed by atoms with E-state index in [4.69, 9.17) is 0 Å². The van der Waals surface area contributed by atoms with Gasteiger partial charge in [-0.3, -0.25) is 4.90 Å². The molecular weight excluding hydrogens is 341 g/mol. The highest BCUT2D eigenvalue weighted by atomic mass is 19.1. The molecule has 2 aliphatic heterocycles. The minimum atomic E-state index is -0.189. The van der Waals surface area contributed by atoms with Crippen LogP contribution in [0.25, 0.3) is 0 Å². The van der Waals surface area contributed by atoms with Gasteiger partial charge < -0.3 is 10.6 Å². The average molecular weight is 367 g/mol. The summed E-state index contributed by atoms with van der Waals surface area (Å²) in [6.45, 7) is 0.860. The Morgan fingerprint density at radius 2 is 1.67 bits per heavy atom. The molecule has 142 valence electrons. The molecule has 1 unspecified atom stereocenters. The molecule has 0 aromatic heterocycles. The van der Waals surface area contributed by atoms with Crippen LogP contribution >= 0.6 is 0 Å². The van der Waals surface area contributed by atoms with Crippen LogP contribution in [-0.4, -0.2) is 29.1 Å². The summed E-state index contributed by atoms with van der Waals surface area (Å²) in [4.78, 5) is 14.9. The van der Waals surface area contributed by atoms with Crippen molar-refractivity contribution in [3.8, 4) is 0 Å². The molecule has 2 amide bonds. The fourth-order valence-electron chi connectivity index (χ4n) is 4.53. The van der Waals surface area contributed by atoms with E-state index < -0.39 is 0 Å². The standard InChI is InChI=1S/C22H26FN3O/c23-17-11-9-16(10-12-17)15-26-20-7-4-8-21(26)14-19(13-20)25-22(27)24-18-5-2-1-3-6-18/h1-3,5-6,9-12,19-21H,4,7-8,13-15H2,(H2,24,25,27)/t19?,20-,21+. The van der Waals surface area contributed by atoms with E-state index in [1.165, 1.54) is 18.6 Å². The summed E-state index contributed by atoms with van der Waals surface area (Å²) in [6, 6.07) is 17.4. The third-order valence-corrected chi connectivity index (χ3v) is 5.77. The molecule has 2 fully saturated rings. The van der Waals surface area contributed by atoms with Crippen molar-refractivity contribution in [2.45, 2.75) is 56.8 Å². The molecular formula is C22H26FN3O. The van der Waals surface area contributed by atoms with Gasteiger partial charge in [0.15, 0.2) is 0 Å². The Morgan fingerprint density at radius 3 is 2.33 bits per heavy atom. The molecule has 2 aromatic carbocycles. The van der Waals surface area contributed by atoms with Gasteiger partial charge in [0.1, 0.15) is 5.82 Å². The summed E-state index contributed by atoms with van der Waals surface area (Å²) in [7, 11) is 0. The number of carbonyl (C=O) groups excluding carboxylic acids is 1. The first-order chi connectivity index (χ1) is 13.2. The van der Waals surface area contributed by atoms with Crippen molar-refractivity contribution in [2.24, 2.45) is 0 Å². The average Bonchev–Trinajstić information content (AvgIpc) is 2.65. The number of hydrogen-bond acceptors (Lipinski definition) is 2. The van der Waals surface area contributed by atoms with Gasteiger partial charge in [0, 0.05) is 30.4 Å². The van der Waals surface area contributed by atoms with Crippen molar-refractivity contribution < 1.29 is 9.18 Å². The van der Waals surface area contributed by atoms with E-state index in [0.717, 1.165) is 43.5 Å². The zero-order chi connectivity index (χ0) is 18.6. The zero-order valence-corrected chi connectivity index (χ0v) is 15.4. The van der Waals surface area contributed by atoms with Crippen LogP contribution in [0.15, 0.2) is 54.6 Å². The lowest BCUT2D eigenvalue weighted by Crippen LogP contribution is -2.56. The summed E-state index contributed by atoms with van der Waals surface area (Å²) >= 11 is 0. The van der Waals surface area contributed by atoms with Crippen LogP contribution in [0.4, 0.5) is 14.9 Å². The van der Waals surface area contributed by atoms with E-state index in [0.29, 0.717) is 12.1 Å². The molecule has 2 bridgehead atoms. The number of hydrogen-bond donors (Lipinski definition) is 2. The normalized spacial score (nSPS) is 25.0. The molecule has 0 radical (unpaired) electrons. The van der Waals surface area contributed by atoms with E-state index in [2.05, 4.69) is 15.5 Å². The minimum Gasteiger partial charge on any atom is -0.335 e. The van der Waals surface area contributed by atoms with E-state index in [1.54, 1.807) is 0 Å². The number of halogens is 1. The minimum absolute atomic E-state index is 0.128. The van der Waals surface area contributed by atoms with Gasteiger partial charge in [-0.1, -0.05) is 36.8 Å². The highest BCUT2D eigenvalue weighted by Gasteiger charge is 2.38. The summed E-state index contributed by atoms with van der Waals surface area (Å²) in [5.74, 6) is -0.189. The van der Waals surface area contributed by atoms with Crippen LogP contribution in [0.1, 0.15) is 37.7 Å². The lowest BCUT2D eigenvalue weighted by molar-refractivity contribution is 0.0200. The van der Waals surface area contributed by atoms with Gasteiger partial charge in [-0.25, -0.2) is 9.18 Å². The van der Waals surface area contributed by atoms with Crippen LogP contribution in [0.3, 0.4) is 0 Å². The van der Waals surface area contributed by atoms with Crippen LogP contribution in [-0.2, 0) is 6.54 Å². The number of nitrogens with one attached hydrogen (secondary N) is 2. The van der Waals surface area contributed by atoms with Crippen LogP contribution in [0.2, 0.25) is 0 Å². The molecule has 27 heavy (non-hydrogen) atoms. The summed E-state index contributed by atoms with van der Waals surface area (Å²) in [5, 5.41) is 6.07. The molecule has 2 N–H and O–H groups in total. The van der Waals surface area contributed by atoms with Crippen molar-refractivity contribution >= 4 is 11.7 Å². The van der Waals surface area contributed by atoms with Crippen molar-refractivity contribution in [1.29, 1.82) is 0 Å². The Balaban J connectivity index is 1.36. The highest BCUT2D eigenvalue weighted by molar-refractivity contribution is 5.89. The van der Waals surface area contributed by atoms with Crippen molar-refractivity contribution in [3.63, 3.8) is 0 Å². The lowest BCUT2D eigenvalue weighted by atomic mass is 9.81. The number of nitrogens with zero attached hydrogens (tertiary/aromatic N) is 1. The third-order valence-electron chi connectivity index (χ3n) is 5.77. The molecule has 3 atom stereocenters. The van der Waals surface area contributed by atoms with E-state index >= 15 is 0 Å². The number of carbonyl (C=O) groups is 1. The van der Waals surface area contributed by atoms with Gasteiger partial charge in [0.25, 0.3) is 0 Å². The Kier molecular flexibility index (Phi) is 5.39. The Labute approximate surface area is 159 Å². The first kappa shape index (κ1) is 18.0. The molecule has 5 heteroatoms. The van der Waals surface area contributed by atoms with E-state index in [-0.39, 0.29) is 17.9 Å². The number of rotatable bonds is 4. The van der Waals surface area contributed by atoms with Gasteiger partial charge in [-0.15, -0.1) is 0 Å². The largest absolute Gasteiger partial charge is 0.335 e. The fourth-order valence-corrected chi connectivity index (χ4v) is 4.53. The summed E-state index contributed by atoms with van der Waals surface area (Å²) in [5.41, 5.74) is 1.96. The second-order valence-corrected chi connectivity index (χ2v) is 7.67. The monoisotopic (exact) mass is 367 g/mol. The number of anilines is 1. The smallest absolute Gasteiger partial charge is 0.319 e. The predicted octanol–water partition coefficient (Wildman–Crippen LogP) is 4.53. The quantitative estimate of drug-likeness (QED) is 0.834. The Bertz CT molecular complexity index is 751. The van der Waals surface area contributed by atoms with Gasteiger partial charge >= 0.3 is 6.03 Å². The predicted molar refractivity (Wildman–Crippen MR) is 105 cm³/mol. The van der Waals surface area contributed by atoms with Crippen molar-refractivity contribution in [2.75, 3.05) is 5.32 Å². The first-order valence-corrected chi connectivity index (χ1v) is 9.80. The first-order valence-electron chi connectivity index (χ1n) is 9.80. The highest BCUT2D eigenvalue weighted by Crippen LogP contribution is 2.35. The van der Waals surface area contributed by atoms with E-state index in [9.17, 15) is 9.18 Å². The lowest BCUT2D eigenvalue weighted by Gasteiger charge is -2.49. The fraction of sp³-hybridized carbons (Fsp3) is 0.409. The molecule has 2 heterocycles. The third kappa shape index (κ3) is 4.48. The number of urea groups is 1. The number of piperidine rings is 2. The maximum Gasteiger partial charge on any atom is 0.319 e. The van der Waals surface area contributed by atoms with Crippen molar-refractivity contribution in [3.05, 3.63) is 66.0 Å². The maximum absolute atomic E-state index is 13.2. The Morgan fingerprint density at radius 1 is 1.00 bits per heavy atom. The SMILES string of the molecule is O=C(Nc1ccccc1)NC1C[C@H]2CCC[C@@H](C1)N2Cc1ccc(F)cc1. The van der Waals surface area contributed by atoms with Crippen LogP contribution in [0, 0.1) is 5.82 Å². The Hall–Kier alpha value is -2.40. The molecule has 0 aliphatic carbocycles. The zero-order valence-electron chi connectivity index (χ0n) is 15.4. The molecule has 2 aromatic rings. The van der Waals surface area contributed by atoms with Crippen LogP contribution in [0.5, 0.6) is 0 Å². The van der Waals surface area contributed by atoms with Gasteiger partial charge in [-0.05, 0) is 55.5 Å².